The Bertz CT molecular complexity index is 531. The van der Waals surface area contributed by atoms with Crippen molar-refractivity contribution in [3.05, 3.63) is 17.8 Å². The molecule has 0 atom stereocenters. The Balaban J connectivity index is 1.59. The van der Waals surface area contributed by atoms with Crippen LogP contribution < -0.4 is 0 Å². The van der Waals surface area contributed by atoms with E-state index in [1.807, 2.05) is 0 Å². The normalized spacial score (nSPS) is 19.8. The number of amides is 1. The summed E-state index contributed by atoms with van der Waals surface area (Å²) in [7, 11) is 3.57. The lowest BCUT2D eigenvalue weighted by molar-refractivity contribution is -0.129. The number of aromatic nitrogens is 2. The van der Waals surface area contributed by atoms with Crippen LogP contribution in [0.1, 0.15) is 36.9 Å². The molecule has 1 fully saturated rings. The summed E-state index contributed by atoms with van der Waals surface area (Å²) in [6, 6.07) is 0. The topological polar surface area (TPSA) is 62.5 Å². The summed E-state index contributed by atoms with van der Waals surface area (Å²) < 4.78 is 5.29. The van der Waals surface area contributed by atoms with E-state index in [1.54, 1.807) is 19.0 Å². The second-order valence-electron chi connectivity index (χ2n) is 5.73. The maximum absolute atomic E-state index is 11.7. The average Bonchev–Trinajstić information content (AvgIpc) is 3.17. The molecular weight excluding hydrogens is 256 g/mol. The van der Waals surface area contributed by atoms with Crippen molar-refractivity contribution in [2.75, 3.05) is 33.7 Å². The minimum Gasteiger partial charge on any atom is -0.348 e. The molecule has 0 N–H and O–H groups in total. The van der Waals surface area contributed by atoms with Crippen molar-refractivity contribution in [2.24, 2.45) is 0 Å². The first kappa shape index (κ1) is 13.3. The highest BCUT2D eigenvalue weighted by molar-refractivity contribution is 5.77. The Kier molecular flexibility index (Phi) is 3.56. The van der Waals surface area contributed by atoms with Gasteiger partial charge in [0, 0.05) is 33.1 Å². The Morgan fingerprint density at radius 1 is 1.50 bits per heavy atom. The number of hydrogen-bond donors (Lipinski definition) is 0. The third kappa shape index (κ3) is 2.90. The second-order valence-corrected chi connectivity index (χ2v) is 5.73. The van der Waals surface area contributed by atoms with Gasteiger partial charge in [0.15, 0.2) is 5.82 Å². The van der Waals surface area contributed by atoms with Crippen LogP contribution in [0.15, 0.2) is 10.6 Å². The van der Waals surface area contributed by atoms with Gasteiger partial charge in [-0.3, -0.25) is 9.69 Å². The quantitative estimate of drug-likeness (QED) is 0.824. The van der Waals surface area contributed by atoms with Gasteiger partial charge in [-0.2, -0.15) is 4.98 Å². The molecule has 0 bridgehead atoms. The van der Waals surface area contributed by atoms with Crippen LogP contribution in [0.2, 0.25) is 0 Å². The van der Waals surface area contributed by atoms with E-state index < -0.39 is 0 Å². The average molecular weight is 276 g/mol. The third-order valence-electron chi connectivity index (χ3n) is 3.81. The largest absolute Gasteiger partial charge is 0.348 e. The van der Waals surface area contributed by atoms with Crippen molar-refractivity contribution in [3.63, 3.8) is 0 Å². The molecule has 2 aliphatic rings. The lowest BCUT2D eigenvalue weighted by atomic mass is 10.1. The summed E-state index contributed by atoms with van der Waals surface area (Å²) in [5.41, 5.74) is 1.13. The van der Waals surface area contributed by atoms with Crippen molar-refractivity contribution in [3.8, 4) is 0 Å². The summed E-state index contributed by atoms with van der Waals surface area (Å²) in [5.74, 6) is 2.14. The van der Waals surface area contributed by atoms with Crippen LogP contribution in [-0.4, -0.2) is 59.6 Å². The number of carbonyl (C=O) groups excluding carboxylic acids is 1. The minimum absolute atomic E-state index is 0.137. The third-order valence-corrected chi connectivity index (χ3v) is 3.81. The predicted molar refractivity (Wildman–Crippen MR) is 74.0 cm³/mol. The molecular formula is C14H20N4O2. The van der Waals surface area contributed by atoms with Gasteiger partial charge in [-0.1, -0.05) is 11.2 Å². The zero-order chi connectivity index (χ0) is 14.1. The highest BCUT2D eigenvalue weighted by atomic mass is 16.5. The standard InChI is InChI=1S/C14H20N4O2/c1-17(2)12(19)9-18-7-5-10(6-8-18)13-15-14(20-16-13)11-3-4-11/h5,11H,3-4,6-9H2,1-2H3. The lowest BCUT2D eigenvalue weighted by Gasteiger charge is -2.25. The first-order valence-electron chi connectivity index (χ1n) is 7.09. The molecule has 108 valence electrons. The summed E-state index contributed by atoms with van der Waals surface area (Å²) in [6.07, 6.45) is 5.31. The molecule has 0 spiro atoms. The number of carbonyl (C=O) groups is 1. The van der Waals surface area contributed by atoms with Gasteiger partial charge < -0.3 is 9.42 Å². The van der Waals surface area contributed by atoms with Gasteiger partial charge in [0.25, 0.3) is 0 Å². The monoisotopic (exact) mass is 276 g/mol. The van der Waals surface area contributed by atoms with Crippen LogP contribution in [0.5, 0.6) is 0 Å². The fraction of sp³-hybridized carbons (Fsp3) is 0.643. The maximum atomic E-state index is 11.7. The highest BCUT2D eigenvalue weighted by Crippen LogP contribution is 2.39. The molecule has 0 aromatic carbocycles. The van der Waals surface area contributed by atoms with Gasteiger partial charge in [0.2, 0.25) is 11.8 Å². The number of likely N-dealkylation sites (N-methyl/N-ethyl adjacent to an activating group) is 1. The Morgan fingerprint density at radius 3 is 2.90 bits per heavy atom. The van der Waals surface area contributed by atoms with Crippen LogP contribution >= 0.6 is 0 Å². The molecule has 20 heavy (non-hydrogen) atoms. The molecule has 2 heterocycles. The van der Waals surface area contributed by atoms with Crippen molar-refractivity contribution in [1.29, 1.82) is 0 Å². The summed E-state index contributed by atoms with van der Waals surface area (Å²) in [6.45, 7) is 2.09. The molecule has 0 radical (unpaired) electrons. The SMILES string of the molecule is CN(C)C(=O)CN1CC=C(c2noc(C3CC3)n2)CC1. The Labute approximate surface area is 118 Å². The summed E-state index contributed by atoms with van der Waals surface area (Å²) in [5, 5.41) is 4.07. The van der Waals surface area contributed by atoms with Crippen LogP contribution in [0.3, 0.4) is 0 Å². The fourth-order valence-corrected chi connectivity index (χ4v) is 2.25. The first-order chi connectivity index (χ1) is 9.63. The molecule has 1 aromatic heterocycles. The zero-order valence-corrected chi connectivity index (χ0v) is 12.0. The van der Waals surface area contributed by atoms with Gasteiger partial charge in [0.05, 0.1) is 6.54 Å². The number of hydrogen-bond acceptors (Lipinski definition) is 5. The zero-order valence-electron chi connectivity index (χ0n) is 12.0. The number of rotatable bonds is 4. The van der Waals surface area contributed by atoms with Gasteiger partial charge in [-0.15, -0.1) is 0 Å². The summed E-state index contributed by atoms with van der Waals surface area (Å²) in [4.78, 5) is 19.9. The van der Waals surface area contributed by atoms with E-state index in [0.717, 1.165) is 36.8 Å². The van der Waals surface area contributed by atoms with E-state index in [9.17, 15) is 4.79 Å². The van der Waals surface area contributed by atoms with Crippen molar-refractivity contribution < 1.29 is 9.32 Å². The second kappa shape index (κ2) is 5.36. The molecule has 1 aromatic rings. The van der Waals surface area contributed by atoms with Crippen molar-refractivity contribution >= 4 is 11.5 Å². The Morgan fingerprint density at radius 2 is 2.30 bits per heavy atom. The molecule has 0 saturated heterocycles. The maximum Gasteiger partial charge on any atom is 0.236 e. The van der Waals surface area contributed by atoms with E-state index in [2.05, 4.69) is 21.1 Å². The molecule has 1 aliphatic carbocycles. The van der Waals surface area contributed by atoms with Crippen molar-refractivity contribution in [2.45, 2.75) is 25.2 Å². The van der Waals surface area contributed by atoms with Gasteiger partial charge in [-0.05, 0) is 24.8 Å². The van der Waals surface area contributed by atoms with Gasteiger partial charge >= 0.3 is 0 Å². The summed E-state index contributed by atoms with van der Waals surface area (Å²) >= 11 is 0. The van der Waals surface area contributed by atoms with Crippen LogP contribution in [0.25, 0.3) is 5.57 Å². The molecule has 0 unspecified atom stereocenters. The minimum atomic E-state index is 0.137. The Hall–Kier alpha value is -1.69. The molecule has 1 aliphatic heterocycles. The van der Waals surface area contributed by atoms with Gasteiger partial charge in [-0.25, -0.2) is 0 Å². The van der Waals surface area contributed by atoms with Crippen molar-refractivity contribution in [1.82, 2.24) is 19.9 Å². The fourth-order valence-electron chi connectivity index (χ4n) is 2.25. The first-order valence-corrected chi connectivity index (χ1v) is 7.09. The van der Waals surface area contributed by atoms with E-state index in [4.69, 9.17) is 4.52 Å². The predicted octanol–water partition coefficient (Wildman–Crippen LogP) is 1.12. The molecule has 1 saturated carbocycles. The molecule has 3 rings (SSSR count). The molecule has 1 amide bonds. The van der Waals surface area contributed by atoms with Crippen LogP contribution in [0, 0.1) is 0 Å². The highest BCUT2D eigenvalue weighted by Gasteiger charge is 2.30. The molecule has 6 nitrogen and oxygen atoms in total. The van der Waals surface area contributed by atoms with E-state index in [0.29, 0.717) is 12.5 Å². The van der Waals surface area contributed by atoms with E-state index in [-0.39, 0.29) is 5.91 Å². The van der Waals surface area contributed by atoms with Gasteiger partial charge in [0.1, 0.15) is 0 Å². The van der Waals surface area contributed by atoms with E-state index >= 15 is 0 Å². The lowest BCUT2D eigenvalue weighted by Crippen LogP contribution is -2.38. The van der Waals surface area contributed by atoms with Crippen LogP contribution in [-0.2, 0) is 4.79 Å². The smallest absolute Gasteiger partial charge is 0.236 e. The molecule has 6 heteroatoms. The van der Waals surface area contributed by atoms with E-state index in [1.165, 1.54) is 12.8 Å². The van der Waals surface area contributed by atoms with Crippen LogP contribution in [0.4, 0.5) is 0 Å². The number of nitrogens with zero attached hydrogens (tertiary/aromatic N) is 4.